The van der Waals surface area contributed by atoms with Crippen molar-refractivity contribution in [2.24, 2.45) is 5.73 Å². The summed E-state index contributed by atoms with van der Waals surface area (Å²) in [7, 11) is 0. The van der Waals surface area contributed by atoms with Crippen LogP contribution in [-0.2, 0) is 4.79 Å². The molecule has 0 radical (unpaired) electrons. The van der Waals surface area contributed by atoms with Gasteiger partial charge in [0.2, 0.25) is 5.91 Å². The molecule has 3 N–H and O–H groups in total. The molecule has 0 aliphatic heterocycles. The zero-order valence-electron chi connectivity index (χ0n) is 9.19. The van der Waals surface area contributed by atoms with E-state index < -0.39 is 11.9 Å². The number of hydrogen-bond donors (Lipinski definition) is 2. The third-order valence-corrected chi connectivity index (χ3v) is 2.07. The van der Waals surface area contributed by atoms with Gasteiger partial charge in [-0.25, -0.2) is 9.97 Å². The number of primary amides is 1. The second-order valence-electron chi connectivity index (χ2n) is 3.75. The average Bonchev–Trinajstić information content (AvgIpc) is 2.18. The van der Waals surface area contributed by atoms with Gasteiger partial charge in [-0.2, -0.15) is 0 Å². The Bertz CT molecular complexity index is 351. The standard InChI is InChI=1S/C10H16N4O/c1-6(2)8-4-9(13-5-12-8)14-7(3)10(11)15/h4-7H,1-3H3,(H2,11,15)(H,12,13,14). The van der Waals surface area contributed by atoms with Gasteiger partial charge in [0.1, 0.15) is 18.2 Å². The zero-order chi connectivity index (χ0) is 11.4. The van der Waals surface area contributed by atoms with Crippen molar-refractivity contribution in [3.8, 4) is 0 Å². The van der Waals surface area contributed by atoms with Gasteiger partial charge in [-0.3, -0.25) is 4.79 Å². The smallest absolute Gasteiger partial charge is 0.239 e. The van der Waals surface area contributed by atoms with Crippen LogP contribution in [0.15, 0.2) is 12.4 Å². The minimum Gasteiger partial charge on any atom is -0.368 e. The fourth-order valence-corrected chi connectivity index (χ4v) is 1.06. The summed E-state index contributed by atoms with van der Waals surface area (Å²) in [4.78, 5) is 19.0. The predicted octanol–water partition coefficient (Wildman–Crippen LogP) is 0.886. The van der Waals surface area contributed by atoms with E-state index in [9.17, 15) is 4.79 Å². The Labute approximate surface area is 89.1 Å². The molecule has 0 aliphatic carbocycles. The van der Waals surface area contributed by atoms with Gasteiger partial charge in [0.05, 0.1) is 0 Å². The van der Waals surface area contributed by atoms with Gasteiger partial charge in [-0.05, 0) is 12.8 Å². The first-order valence-corrected chi connectivity index (χ1v) is 4.88. The number of rotatable bonds is 4. The van der Waals surface area contributed by atoms with E-state index in [1.807, 2.05) is 19.9 Å². The Balaban J connectivity index is 2.78. The molecule has 0 saturated carbocycles. The van der Waals surface area contributed by atoms with Crippen molar-refractivity contribution in [3.05, 3.63) is 18.1 Å². The molecule has 0 bridgehead atoms. The maximum atomic E-state index is 10.8. The lowest BCUT2D eigenvalue weighted by Crippen LogP contribution is -2.32. The van der Waals surface area contributed by atoms with Crippen LogP contribution in [0, 0.1) is 0 Å². The largest absolute Gasteiger partial charge is 0.368 e. The van der Waals surface area contributed by atoms with Crippen LogP contribution in [0.2, 0.25) is 0 Å². The number of carbonyl (C=O) groups excluding carboxylic acids is 1. The molecule has 0 fully saturated rings. The Morgan fingerprint density at radius 1 is 1.40 bits per heavy atom. The van der Waals surface area contributed by atoms with Crippen LogP contribution < -0.4 is 11.1 Å². The SMILES string of the molecule is CC(Nc1cc(C(C)C)ncn1)C(N)=O. The summed E-state index contributed by atoms with van der Waals surface area (Å²) in [6, 6.07) is 1.39. The molecule has 1 heterocycles. The van der Waals surface area contributed by atoms with Crippen LogP contribution in [0.4, 0.5) is 5.82 Å². The number of aromatic nitrogens is 2. The molecule has 0 saturated heterocycles. The second kappa shape index (κ2) is 4.72. The average molecular weight is 208 g/mol. The summed E-state index contributed by atoms with van der Waals surface area (Å²) in [5, 5.41) is 2.91. The van der Waals surface area contributed by atoms with Crippen LogP contribution in [0.5, 0.6) is 0 Å². The number of anilines is 1. The van der Waals surface area contributed by atoms with Gasteiger partial charge in [-0.15, -0.1) is 0 Å². The summed E-state index contributed by atoms with van der Waals surface area (Å²) in [5.74, 6) is 0.553. The molecule has 5 heteroatoms. The van der Waals surface area contributed by atoms with E-state index in [0.717, 1.165) is 5.69 Å². The number of nitrogens with zero attached hydrogens (tertiary/aromatic N) is 2. The zero-order valence-corrected chi connectivity index (χ0v) is 9.19. The van der Waals surface area contributed by atoms with Crippen molar-refractivity contribution < 1.29 is 4.79 Å². The topological polar surface area (TPSA) is 80.9 Å². The highest BCUT2D eigenvalue weighted by atomic mass is 16.1. The van der Waals surface area contributed by atoms with Crippen LogP contribution in [0.1, 0.15) is 32.4 Å². The molecule has 5 nitrogen and oxygen atoms in total. The first-order valence-electron chi connectivity index (χ1n) is 4.88. The molecular weight excluding hydrogens is 192 g/mol. The number of nitrogens with one attached hydrogen (secondary N) is 1. The van der Waals surface area contributed by atoms with Crippen LogP contribution in [-0.4, -0.2) is 21.9 Å². The quantitative estimate of drug-likeness (QED) is 0.769. The minimum atomic E-state index is -0.431. The lowest BCUT2D eigenvalue weighted by atomic mass is 10.1. The highest BCUT2D eigenvalue weighted by Crippen LogP contribution is 2.13. The Kier molecular flexibility index (Phi) is 3.60. The molecule has 82 valence electrons. The first-order chi connectivity index (χ1) is 7.00. The monoisotopic (exact) mass is 208 g/mol. The Morgan fingerprint density at radius 2 is 2.07 bits per heavy atom. The normalized spacial score (nSPS) is 12.5. The van der Waals surface area contributed by atoms with E-state index in [1.165, 1.54) is 6.33 Å². The Morgan fingerprint density at radius 3 is 2.60 bits per heavy atom. The lowest BCUT2D eigenvalue weighted by molar-refractivity contribution is -0.118. The van der Waals surface area contributed by atoms with E-state index >= 15 is 0 Å². The van der Waals surface area contributed by atoms with Crippen molar-refractivity contribution in [1.82, 2.24) is 9.97 Å². The van der Waals surface area contributed by atoms with E-state index in [1.54, 1.807) is 6.92 Å². The van der Waals surface area contributed by atoms with Crippen LogP contribution in [0.25, 0.3) is 0 Å². The fourth-order valence-electron chi connectivity index (χ4n) is 1.06. The van der Waals surface area contributed by atoms with E-state index in [-0.39, 0.29) is 0 Å². The molecule has 1 unspecified atom stereocenters. The van der Waals surface area contributed by atoms with Crippen molar-refractivity contribution in [2.45, 2.75) is 32.7 Å². The maximum Gasteiger partial charge on any atom is 0.239 e. The van der Waals surface area contributed by atoms with Gasteiger partial charge < -0.3 is 11.1 Å². The van der Waals surface area contributed by atoms with E-state index in [2.05, 4.69) is 15.3 Å². The Hall–Kier alpha value is -1.65. The van der Waals surface area contributed by atoms with Crippen molar-refractivity contribution in [2.75, 3.05) is 5.32 Å². The molecule has 1 rings (SSSR count). The minimum absolute atomic E-state index is 0.331. The molecule has 0 aromatic carbocycles. The third-order valence-electron chi connectivity index (χ3n) is 2.07. The molecule has 1 aromatic heterocycles. The highest BCUT2D eigenvalue weighted by molar-refractivity contribution is 5.82. The highest BCUT2D eigenvalue weighted by Gasteiger charge is 2.09. The van der Waals surface area contributed by atoms with Crippen molar-refractivity contribution in [1.29, 1.82) is 0 Å². The summed E-state index contributed by atoms with van der Waals surface area (Å²) < 4.78 is 0. The van der Waals surface area contributed by atoms with Gasteiger partial charge in [0.15, 0.2) is 0 Å². The number of carbonyl (C=O) groups is 1. The van der Waals surface area contributed by atoms with Gasteiger partial charge in [-0.1, -0.05) is 13.8 Å². The van der Waals surface area contributed by atoms with Gasteiger partial charge in [0, 0.05) is 11.8 Å². The maximum absolute atomic E-state index is 10.8. The first kappa shape index (κ1) is 11.4. The second-order valence-corrected chi connectivity index (χ2v) is 3.75. The molecular formula is C10H16N4O. The number of amides is 1. The van der Waals surface area contributed by atoms with E-state index in [4.69, 9.17) is 5.73 Å². The fraction of sp³-hybridized carbons (Fsp3) is 0.500. The lowest BCUT2D eigenvalue weighted by Gasteiger charge is -2.12. The van der Waals surface area contributed by atoms with Crippen LogP contribution in [0.3, 0.4) is 0 Å². The van der Waals surface area contributed by atoms with E-state index in [0.29, 0.717) is 11.7 Å². The summed E-state index contributed by atoms with van der Waals surface area (Å²) in [6.45, 7) is 5.78. The van der Waals surface area contributed by atoms with Crippen molar-refractivity contribution in [3.63, 3.8) is 0 Å². The molecule has 1 aromatic rings. The van der Waals surface area contributed by atoms with Crippen LogP contribution >= 0.6 is 0 Å². The third kappa shape index (κ3) is 3.19. The summed E-state index contributed by atoms with van der Waals surface area (Å²) >= 11 is 0. The molecule has 15 heavy (non-hydrogen) atoms. The van der Waals surface area contributed by atoms with Crippen molar-refractivity contribution >= 4 is 11.7 Å². The summed E-state index contributed by atoms with van der Waals surface area (Å²) in [5.41, 5.74) is 6.07. The molecule has 1 amide bonds. The molecule has 0 spiro atoms. The molecule has 1 atom stereocenters. The number of hydrogen-bond acceptors (Lipinski definition) is 4. The van der Waals surface area contributed by atoms with Gasteiger partial charge in [0.25, 0.3) is 0 Å². The number of nitrogens with two attached hydrogens (primary N) is 1. The summed E-state index contributed by atoms with van der Waals surface area (Å²) in [6.07, 6.45) is 1.48. The predicted molar refractivity (Wildman–Crippen MR) is 58.4 cm³/mol. The molecule has 0 aliphatic rings. The van der Waals surface area contributed by atoms with Gasteiger partial charge >= 0.3 is 0 Å².